The minimum Gasteiger partial charge on any atom is -0.479 e. The number of carboxylic acids is 1. The standard InChI is InChI=1S/C17H20N2O4/c1-19-10-12(13-4-2-3-5-14(13)19)6-7-15(20)18-17(16(21)22)8-9-23-11-17/h2-5,10H,6-9,11H2,1H3,(H,18,20)(H,21,22). The van der Waals surface area contributed by atoms with Crippen molar-refractivity contribution in [3.05, 3.63) is 36.0 Å². The number of fused-ring (bicyclic) bond motifs is 1. The van der Waals surface area contributed by atoms with Crippen LogP contribution in [0.1, 0.15) is 18.4 Å². The normalized spacial score (nSPS) is 20.7. The third-order valence-corrected chi connectivity index (χ3v) is 4.41. The van der Waals surface area contributed by atoms with E-state index in [0.29, 0.717) is 19.4 Å². The van der Waals surface area contributed by atoms with E-state index in [1.165, 1.54) is 0 Å². The molecule has 3 rings (SSSR count). The van der Waals surface area contributed by atoms with Gasteiger partial charge < -0.3 is 19.7 Å². The largest absolute Gasteiger partial charge is 0.479 e. The quantitative estimate of drug-likeness (QED) is 0.875. The van der Waals surface area contributed by atoms with E-state index in [4.69, 9.17) is 4.74 Å². The molecule has 0 aliphatic carbocycles. The Morgan fingerprint density at radius 1 is 1.39 bits per heavy atom. The lowest BCUT2D eigenvalue weighted by atomic mass is 9.98. The fraction of sp³-hybridized carbons (Fsp3) is 0.412. The molecule has 23 heavy (non-hydrogen) atoms. The molecule has 1 aliphatic rings. The van der Waals surface area contributed by atoms with Gasteiger partial charge in [-0.25, -0.2) is 4.79 Å². The minimum absolute atomic E-state index is 0.0301. The fourth-order valence-corrected chi connectivity index (χ4v) is 3.09. The highest BCUT2D eigenvalue weighted by Gasteiger charge is 2.43. The van der Waals surface area contributed by atoms with Crippen LogP contribution in [0.3, 0.4) is 0 Å². The number of aryl methyl sites for hydroxylation is 2. The summed E-state index contributed by atoms with van der Waals surface area (Å²) in [7, 11) is 1.97. The lowest BCUT2D eigenvalue weighted by molar-refractivity contribution is -0.147. The molecule has 1 saturated heterocycles. The number of nitrogens with one attached hydrogen (secondary N) is 1. The Morgan fingerprint density at radius 2 is 2.17 bits per heavy atom. The minimum atomic E-state index is -1.27. The summed E-state index contributed by atoms with van der Waals surface area (Å²) in [6, 6.07) is 8.02. The van der Waals surface area contributed by atoms with E-state index in [0.717, 1.165) is 16.5 Å². The summed E-state index contributed by atoms with van der Waals surface area (Å²) in [6.45, 7) is 0.387. The van der Waals surface area contributed by atoms with E-state index in [1.54, 1.807) is 0 Å². The van der Waals surface area contributed by atoms with Crippen molar-refractivity contribution in [1.29, 1.82) is 0 Å². The Kier molecular flexibility index (Phi) is 4.09. The predicted octanol–water partition coefficient (Wildman–Crippen LogP) is 1.47. The first kappa shape index (κ1) is 15.6. The number of aromatic nitrogens is 1. The molecule has 1 fully saturated rings. The summed E-state index contributed by atoms with van der Waals surface area (Å²) in [5.74, 6) is -1.29. The van der Waals surface area contributed by atoms with Crippen molar-refractivity contribution in [3.63, 3.8) is 0 Å². The average molecular weight is 316 g/mol. The van der Waals surface area contributed by atoms with Crippen LogP contribution >= 0.6 is 0 Å². The zero-order chi connectivity index (χ0) is 16.4. The molecule has 6 heteroatoms. The van der Waals surface area contributed by atoms with Gasteiger partial charge in [-0.1, -0.05) is 18.2 Å². The van der Waals surface area contributed by atoms with Crippen molar-refractivity contribution in [3.8, 4) is 0 Å². The number of rotatable bonds is 5. The van der Waals surface area contributed by atoms with Gasteiger partial charge in [-0.3, -0.25) is 4.79 Å². The topological polar surface area (TPSA) is 80.6 Å². The molecule has 1 amide bonds. The second-order valence-corrected chi connectivity index (χ2v) is 6.02. The maximum atomic E-state index is 12.2. The molecule has 0 spiro atoms. The van der Waals surface area contributed by atoms with Gasteiger partial charge in [-0.05, 0) is 18.1 Å². The number of ether oxygens (including phenoxy) is 1. The molecule has 122 valence electrons. The van der Waals surface area contributed by atoms with Crippen molar-refractivity contribution >= 4 is 22.8 Å². The van der Waals surface area contributed by atoms with Crippen molar-refractivity contribution in [2.75, 3.05) is 13.2 Å². The van der Waals surface area contributed by atoms with Crippen LogP contribution < -0.4 is 5.32 Å². The van der Waals surface area contributed by atoms with Gasteiger partial charge in [0.05, 0.1) is 6.61 Å². The Labute approximate surface area is 134 Å². The first-order chi connectivity index (χ1) is 11.0. The SMILES string of the molecule is Cn1cc(CCC(=O)NC2(C(=O)O)CCOC2)c2ccccc21. The Bertz CT molecular complexity index is 744. The van der Waals surface area contributed by atoms with E-state index in [2.05, 4.69) is 5.32 Å². The molecule has 1 atom stereocenters. The highest BCUT2D eigenvalue weighted by atomic mass is 16.5. The number of carbonyl (C=O) groups excluding carboxylic acids is 1. The van der Waals surface area contributed by atoms with Gasteiger partial charge in [0.1, 0.15) is 0 Å². The number of benzene rings is 1. The zero-order valence-electron chi connectivity index (χ0n) is 13.0. The van der Waals surface area contributed by atoms with Crippen molar-refractivity contribution in [2.24, 2.45) is 7.05 Å². The molecule has 6 nitrogen and oxygen atoms in total. The average Bonchev–Trinajstić information content (AvgIpc) is 3.12. The number of nitrogens with zero attached hydrogens (tertiary/aromatic N) is 1. The predicted molar refractivity (Wildman–Crippen MR) is 85.2 cm³/mol. The Balaban J connectivity index is 1.68. The summed E-state index contributed by atoms with van der Waals surface area (Å²) in [6.07, 6.45) is 3.15. The van der Waals surface area contributed by atoms with Crippen LogP contribution in [0.2, 0.25) is 0 Å². The molecule has 1 aromatic carbocycles. The van der Waals surface area contributed by atoms with Crippen LogP contribution in [0.15, 0.2) is 30.5 Å². The molecular formula is C17H20N2O4. The molecular weight excluding hydrogens is 296 g/mol. The van der Waals surface area contributed by atoms with E-state index in [9.17, 15) is 14.7 Å². The number of amides is 1. The maximum absolute atomic E-state index is 12.2. The van der Waals surface area contributed by atoms with Crippen LogP contribution in [0.4, 0.5) is 0 Å². The Hall–Kier alpha value is -2.34. The lowest BCUT2D eigenvalue weighted by Crippen LogP contribution is -2.55. The van der Waals surface area contributed by atoms with Gasteiger partial charge in [-0.15, -0.1) is 0 Å². The van der Waals surface area contributed by atoms with Crippen molar-refractivity contribution in [2.45, 2.75) is 24.8 Å². The van der Waals surface area contributed by atoms with Crippen molar-refractivity contribution in [1.82, 2.24) is 9.88 Å². The van der Waals surface area contributed by atoms with Gasteiger partial charge >= 0.3 is 5.97 Å². The highest BCUT2D eigenvalue weighted by molar-refractivity contribution is 5.88. The van der Waals surface area contributed by atoms with Crippen LogP contribution in [-0.4, -0.2) is 40.3 Å². The van der Waals surface area contributed by atoms with Gasteiger partial charge in [0.25, 0.3) is 0 Å². The number of hydrogen-bond donors (Lipinski definition) is 2. The third-order valence-electron chi connectivity index (χ3n) is 4.41. The second kappa shape index (κ2) is 6.04. The molecule has 1 aliphatic heterocycles. The van der Waals surface area contributed by atoms with E-state index in [1.807, 2.05) is 42.1 Å². The molecule has 2 aromatic rings. The van der Waals surface area contributed by atoms with E-state index in [-0.39, 0.29) is 18.9 Å². The third kappa shape index (κ3) is 2.94. The summed E-state index contributed by atoms with van der Waals surface area (Å²) < 4.78 is 7.18. The number of aliphatic carboxylic acids is 1. The van der Waals surface area contributed by atoms with Crippen LogP contribution in [-0.2, 0) is 27.8 Å². The first-order valence-corrected chi connectivity index (χ1v) is 7.67. The molecule has 2 N–H and O–H groups in total. The van der Waals surface area contributed by atoms with Crippen molar-refractivity contribution < 1.29 is 19.4 Å². The van der Waals surface area contributed by atoms with Crippen LogP contribution in [0.25, 0.3) is 10.9 Å². The number of carbonyl (C=O) groups is 2. The van der Waals surface area contributed by atoms with Crippen LogP contribution in [0.5, 0.6) is 0 Å². The summed E-state index contributed by atoms with van der Waals surface area (Å²) in [4.78, 5) is 23.6. The van der Waals surface area contributed by atoms with Gasteiger partial charge in [0.15, 0.2) is 5.54 Å². The molecule has 0 radical (unpaired) electrons. The molecule has 1 unspecified atom stereocenters. The second-order valence-electron chi connectivity index (χ2n) is 6.02. The number of carboxylic acid groups (broad SMARTS) is 1. The monoisotopic (exact) mass is 316 g/mol. The molecule has 0 saturated carbocycles. The lowest BCUT2D eigenvalue weighted by Gasteiger charge is -2.23. The molecule has 1 aromatic heterocycles. The van der Waals surface area contributed by atoms with E-state index >= 15 is 0 Å². The zero-order valence-corrected chi connectivity index (χ0v) is 13.0. The number of hydrogen-bond acceptors (Lipinski definition) is 3. The maximum Gasteiger partial charge on any atom is 0.331 e. The number of para-hydroxylation sites is 1. The first-order valence-electron chi connectivity index (χ1n) is 7.67. The highest BCUT2D eigenvalue weighted by Crippen LogP contribution is 2.22. The molecule has 2 heterocycles. The van der Waals surface area contributed by atoms with E-state index < -0.39 is 11.5 Å². The summed E-state index contributed by atoms with van der Waals surface area (Å²) in [5.41, 5.74) is 0.940. The van der Waals surface area contributed by atoms with Gasteiger partial charge in [0.2, 0.25) is 5.91 Å². The Morgan fingerprint density at radius 3 is 2.87 bits per heavy atom. The summed E-state index contributed by atoms with van der Waals surface area (Å²) in [5, 5.41) is 13.1. The van der Waals surface area contributed by atoms with Gasteiger partial charge in [-0.2, -0.15) is 0 Å². The molecule has 0 bridgehead atoms. The smallest absolute Gasteiger partial charge is 0.331 e. The van der Waals surface area contributed by atoms with Gasteiger partial charge in [0, 0.05) is 43.6 Å². The van der Waals surface area contributed by atoms with Crippen LogP contribution in [0, 0.1) is 0 Å². The fourth-order valence-electron chi connectivity index (χ4n) is 3.09. The summed E-state index contributed by atoms with van der Waals surface area (Å²) >= 11 is 0.